The average Bonchev–Trinajstić information content (AvgIpc) is 3.27. The van der Waals surface area contributed by atoms with E-state index < -0.39 is 0 Å². The lowest BCUT2D eigenvalue weighted by Crippen LogP contribution is -2.47. The number of piperidine rings is 1. The Morgan fingerprint density at radius 1 is 1.23 bits per heavy atom. The van der Waals surface area contributed by atoms with Gasteiger partial charge < -0.3 is 15.5 Å². The molecule has 3 fully saturated rings. The van der Waals surface area contributed by atoms with Crippen molar-refractivity contribution in [3.8, 4) is 0 Å². The van der Waals surface area contributed by atoms with Crippen LogP contribution in [0.15, 0.2) is 4.99 Å². The lowest BCUT2D eigenvalue weighted by molar-refractivity contribution is 0.210. The molecule has 126 valence electrons. The summed E-state index contributed by atoms with van der Waals surface area (Å²) in [6.45, 7) is 7.05. The number of guanidine groups is 1. The van der Waals surface area contributed by atoms with Gasteiger partial charge in [0, 0.05) is 44.8 Å². The standard InChI is InChI=1S/C17H33N5/c1-13-9-15(12-22(13)16-6-7-16)20-17(18-2)19-10-14-5-4-8-21(3)11-14/h13-16H,4-12H2,1-3H3,(H2,18,19,20). The molecule has 3 unspecified atom stereocenters. The van der Waals surface area contributed by atoms with Gasteiger partial charge in [0.05, 0.1) is 0 Å². The minimum Gasteiger partial charge on any atom is -0.356 e. The maximum absolute atomic E-state index is 4.43. The van der Waals surface area contributed by atoms with Gasteiger partial charge in [0.25, 0.3) is 0 Å². The number of rotatable bonds is 4. The third-order valence-electron chi connectivity index (χ3n) is 5.48. The van der Waals surface area contributed by atoms with Crippen LogP contribution < -0.4 is 10.6 Å². The molecule has 3 atom stereocenters. The number of hydrogen-bond donors (Lipinski definition) is 2. The number of aliphatic imine (C=N–C) groups is 1. The molecule has 0 amide bonds. The molecule has 1 aliphatic carbocycles. The van der Waals surface area contributed by atoms with Gasteiger partial charge in [0.2, 0.25) is 0 Å². The maximum atomic E-state index is 4.43. The first-order valence-corrected chi connectivity index (χ1v) is 9.07. The first kappa shape index (κ1) is 16.1. The zero-order chi connectivity index (χ0) is 15.5. The van der Waals surface area contributed by atoms with Crippen LogP contribution in [-0.4, -0.2) is 74.2 Å². The Morgan fingerprint density at radius 3 is 2.73 bits per heavy atom. The van der Waals surface area contributed by atoms with Gasteiger partial charge in [-0.2, -0.15) is 0 Å². The molecule has 0 spiro atoms. The molecule has 0 aromatic heterocycles. The Bertz CT molecular complexity index is 393. The summed E-state index contributed by atoms with van der Waals surface area (Å²) >= 11 is 0. The largest absolute Gasteiger partial charge is 0.356 e. The van der Waals surface area contributed by atoms with Crippen LogP contribution in [0, 0.1) is 5.92 Å². The molecule has 3 aliphatic rings. The molecule has 0 radical (unpaired) electrons. The van der Waals surface area contributed by atoms with Crippen molar-refractivity contribution in [3.63, 3.8) is 0 Å². The van der Waals surface area contributed by atoms with Crippen LogP contribution in [0.3, 0.4) is 0 Å². The lowest BCUT2D eigenvalue weighted by Gasteiger charge is -2.30. The molecule has 2 N–H and O–H groups in total. The normalized spacial score (nSPS) is 34.9. The van der Waals surface area contributed by atoms with E-state index >= 15 is 0 Å². The van der Waals surface area contributed by atoms with Crippen LogP contribution in [0.25, 0.3) is 0 Å². The average molecular weight is 307 g/mol. The Kier molecular flexibility index (Phi) is 5.24. The SMILES string of the molecule is CN=C(NCC1CCCN(C)C1)NC1CC(C)N(C2CC2)C1. The smallest absolute Gasteiger partial charge is 0.191 e. The van der Waals surface area contributed by atoms with E-state index in [0.29, 0.717) is 6.04 Å². The molecule has 2 heterocycles. The van der Waals surface area contributed by atoms with E-state index in [1.807, 2.05) is 7.05 Å². The van der Waals surface area contributed by atoms with Gasteiger partial charge in [0.15, 0.2) is 5.96 Å². The predicted molar refractivity (Wildman–Crippen MR) is 92.3 cm³/mol. The zero-order valence-corrected chi connectivity index (χ0v) is 14.5. The topological polar surface area (TPSA) is 42.9 Å². The third kappa shape index (κ3) is 4.13. The Balaban J connectivity index is 1.42. The van der Waals surface area contributed by atoms with Gasteiger partial charge in [-0.1, -0.05) is 0 Å². The highest BCUT2D eigenvalue weighted by molar-refractivity contribution is 5.80. The van der Waals surface area contributed by atoms with E-state index in [0.717, 1.165) is 30.5 Å². The van der Waals surface area contributed by atoms with Gasteiger partial charge in [-0.3, -0.25) is 9.89 Å². The number of nitrogens with zero attached hydrogens (tertiary/aromatic N) is 3. The minimum absolute atomic E-state index is 0.552. The highest BCUT2D eigenvalue weighted by atomic mass is 15.3. The van der Waals surface area contributed by atoms with Gasteiger partial charge in [-0.05, 0) is 58.5 Å². The van der Waals surface area contributed by atoms with Gasteiger partial charge in [-0.25, -0.2) is 0 Å². The van der Waals surface area contributed by atoms with Crippen LogP contribution in [0.2, 0.25) is 0 Å². The monoisotopic (exact) mass is 307 g/mol. The van der Waals surface area contributed by atoms with E-state index in [2.05, 4.69) is 39.4 Å². The Morgan fingerprint density at radius 2 is 2.05 bits per heavy atom. The van der Waals surface area contributed by atoms with E-state index in [4.69, 9.17) is 0 Å². The second kappa shape index (κ2) is 7.18. The van der Waals surface area contributed by atoms with Gasteiger partial charge in [0.1, 0.15) is 0 Å². The van der Waals surface area contributed by atoms with Crippen molar-refractivity contribution in [2.75, 3.05) is 40.3 Å². The minimum atomic E-state index is 0.552. The van der Waals surface area contributed by atoms with Crippen molar-refractivity contribution in [1.82, 2.24) is 20.4 Å². The summed E-state index contributed by atoms with van der Waals surface area (Å²) in [5.74, 6) is 1.74. The van der Waals surface area contributed by atoms with Crippen LogP contribution in [0.4, 0.5) is 0 Å². The Hall–Kier alpha value is -0.810. The molecule has 2 saturated heterocycles. The van der Waals surface area contributed by atoms with E-state index in [9.17, 15) is 0 Å². The van der Waals surface area contributed by atoms with E-state index in [-0.39, 0.29) is 0 Å². The first-order valence-electron chi connectivity index (χ1n) is 9.07. The van der Waals surface area contributed by atoms with Crippen molar-refractivity contribution in [2.24, 2.45) is 10.9 Å². The van der Waals surface area contributed by atoms with Crippen molar-refractivity contribution in [1.29, 1.82) is 0 Å². The van der Waals surface area contributed by atoms with E-state index in [1.54, 1.807) is 0 Å². The van der Waals surface area contributed by atoms with Crippen LogP contribution in [-0.2, 0) is 0 Å². The molecule has 0 bridgehead atoms. The van der Waals surface area contributed by atoms with E-state index in [1.165, 1.54) is 51.7 Å². The first-order chi connectivity index (χ1) is 10.7. The molecule has 0 aromatic carbocycles. The molecule has 5 heteroatoms. The summed E-state index contributed by atoms with van der Waals surface area (Å²) < 4.78 is 0. The highest BCUT2D eigenvalue weighted by Crippen LogP contribution is 2.33. The fourth-order valence-corrected chi connectivity index (χ4v) is 4.14. The fraction of sp³-hybridized carbons (Fsp3) is 0.941. The summed E-state index contributed by atoms with van der Waals surface area (Å²) in [6.07, 6.45) is 6.71. The van der Waals surface area contributed by atoms with Crippen molar-refractivity contribution < 1.29 is 0 Å². The molecular formula is C17H33N5. The van der Waals surface area contributed by atoms with Crippen LogP contribution in [0.1, 0.15) is 39.0 Å². The molecule has 5 nitrogen and oxygen atoms in total. The number of hydrogen-bond acceptors (Lipinski definition) is 3. The maximum Gasteiger partial charge on any atom is 0.191 e. The molecular weight excluding hydrogens is 274 g/mol. The summed E-state index contributed by atoms with van der Waals surface area (Å²) in [7, 11) is 4.12. The molecule has 0 aromatic rings. The zero-order valence-electron chi connectivity index (χ0n) is 14.5. The predicted octanol–water partition coefficient (Wildman–Crippen LogP) is 1.12. The van der Waals surface area contributed by atoms with Gasteiger partial charge in [-0.15, -0.1) is 0 Å². The summed E-state index contributed by atoms with van der Waals surface area (Å²) in [5, 5.41) is 7.20. The van der Waals surface area contributed by atoms with Crippen LogP contribution >= 0.6 is 0 Å². The number of nitrogens with one attached hydrogen (secondary N) is 2. The second-order valence-electron chi connectivity index (χ2n) is 7.58. The molecule has 1 saturated carbocycles. The molecule has 22 heavy (non-hydrogen) atoms. The van der Waals surface area contributed by atoms with Crippen LogP contribution in [0.5, 0.6) is 0 Å². The quantitative estimate of drug-likeness (QED) is 0.603. The van der Waals surface area contributed by atoms with Crippen molar-refractivity contribution >= 4 is 5.96 Å². The molecule has 3 rings (SSSR count). The number of likely N-dealkylation sites (tertiary alicyclic amines) is 2. The van der Waals surface area contributed by atoms with Gasteiger partial charge >= 0.3 is 0 Å². The summed E-state index contributed by atoms with van der Waals surface area (Å²) in [4.78, 5) is 9.55. The summed E-state index contributed by atoms with van der Waals surface area (Å²) in [6, 6.07) is 2.14. The fourth-order valence-electron chi connectivity index (χ4n) is 4.14. The van der Waals surface area contributed by atoms with Crippen molar-refractivity contribution in [2.45, 2.75) is 57.2 Å². The van der Waals surface area contributed by atoms with Crippen molar-refractivity contribution in [3.05, 3.63) is 0 Å². The highest BCUT2D eigenvalue weighted by Gasteiger charge is 2.38. The second-order valence-corrected chi connectivity index (χ2v) is 7.58. The third-order valence-corrected chi connectivity index (χ3v) is 5.48. The summed E-state index contributed by atoms with van der Waals surface area (Å²) in [5.41, 5.74) is 0. The lowest BCUT2D eigenvalue weighted by atomic mass is 9.98. The molecule has 2 aliphatic heterocycles. The Labute approximate surface area is 135 Å².